The number of carbonyl (C=O) groups excluding carboxylic acids is 2. The topological polar surface area (TPSA) is 423 Å². The number of ether oxygens (including phenoxy) is 7. The molecule has 4 heterocycles. The molecule has 0 aromatic carbocycles. The van der Waals surface area contributed by atoms with Crippen LogP contribution in [0.3, 0.4) is 0 Å². The van der Waals surface area contributed by atoms with Crippen molar-refractivity contribution in [3.8, 4) is 0 Å². The van der Waals surface area contributed by atoms with Gasteiger partial charge in [-0.15, -0.1) is 0 Å². The van der Waals surface area contributed by atoms with Crippen molar-refractivity contribution in [1.82, 2.24) is 10.6 Å². The van der Waals surface area contributed by atoms with Gasteiger partial charge in [0.15, 0.2) is 18.9 Å². The monoisotopic (exact) mass is 836 g/mol. The molecule has 0 unspecified atom stereocenters. The van der Waals surface area contributed by atoms with E-state index < -0.39 is 179 Å². The van der Waals surface area contributed by atoms with Gasteiger partial charge in [-0.3, -0.25) is 9.59 Å². The van der Waals surface area contributed by atoms with Crippen molar-refractivity contribution in [2.75, 3.05) is 26.4 Å². The Bertz CT molecular complexity index is 1350. The van der Waals surface area contributed by atoms with Gasteiger partial charge in [0.2, 0.25) is 11.8 Å². The van der Waals surface area contributed by atoms with Crippen molar-refractivity contribution in [2.24, 2.45) is 0 Å². The first-order valence-corrected chi connectivity index (χ1v) is 17.7. The molecule has 4 fully saturated rings. The second kappa shape index (κ2) is 19.8. The number of aliphatic hydroxyl groups excluding tert-OH is 13. The molecule has 4 aliphatic rings. The lowest BCUT2D eigenvalue weighted by Crippen LogP contribution is -2.70. The van der Waals surface area contributed by atoms with Gasteiger partial charge in [-0.05, 0) is 0 Å². The molecule has 2 amide bonds. The number of carbonyl (C=O) groups is 3. The number of hydrogen-bond donors (Lipinski definition) is 16. The zero-order valence-electron chi connectivity index (χ0n) is 30.4. The Hall–Kier alpha value is -2.39. The molecule has 0 saturated carbocycles. The van der Waals surface area contributed by atoms with E-state index in [4.69, 9.17) is 33.2 Å². The van der Waals surface area contributed by atoms with Crippen molar-refractivity contribution in [3.05, 3.63) is 0 Å². The number of carboxylic acids is 1. The van der Waals surface area contributed by atoms with Gasteiger partial charge < -0.3 is 115 Å². The van der Waals surface area contributed by atoms with Gasteiger partial charge in [0, 0.05) is 20.3 Å². The summed E-state index contributed by atoms with van der Waals surface area (Å²) in [7, 11) is 0. The highest BCUT2D eigenvalue weighted by Crippen LogP contribution is 2.38. The molecule has 26 nitrogen and oxygen atoms in total. The van der Waals surface area contributed by atoms with E-state index in [-0.39, 0.29) is 0 Å². The van der Waals surface area contributed by atoms with Crippen molar-refractivity contribution < 1.29 is 119 Å². The lowest BCUT2D eigenvalue weighted by Gasteiger charge is -2.50. The largest absolute Gasteiger partial charge is 0.477 e. The molecule has 16 N–H and O–H groups in total. The Morgan fingerprint density at radius 3 is 1.86 bits per heavy atom. The maximum atomic E-state index is 12.8. The number of nitrogens with one attached hydrogen (secondary N) is 2. The molecule has 0 bridgehead atoms. The Labute approximate surface area is 322 Å². The Balaban J connectivity index is 1.60. The van der Waals surface area contributed by atoms with E-state index in [0.29, 0.717) is 0 Å². The van der Waals surface area contributed by atoms with Crippen LogP contribution in [0.2, 0.25) is 0 Å². The summed E-state index contributed by atoms with van der Waals surface area (Å²) in [5, 5.41) is 151. The Morgan fingerprint density at radius 1 is 0.719 bits per heavy atom. The Kier molecular flexibility index (Phi) is 16.4. The van der Waals surface area contributed by atoms with Crippen LogP contribution in [0, 0.1) is 0 Å². The molecule has 21 atom stereocenters. The highest BCUT2D eigenvalue weighted by atomic mass is 16.8. The van der Waals surface area contributed by atoms with E-state index >= 15 is 0 Å². The summed E-state index contributed by atoms with van der Waals surface area (Å²) in [5.74, 6) is -6.63. The zero-order chi connectivity index (χ0) is 42.7. The molecule has 4 aliphatic heterocycles. The second-order valence-electron chi connectivity index (χ2n) is 14.1. The molecule has 4 saturated heterocycles. The van der Waals surface area contributed by atoms with Crippen LogP contribution in [-0.2, 0) is 47.5 Å². The van der Waals surface area contributed by atoms with Crippen LogP contribution < -0.4 is 10.6 Å². The SMILES string of the molecule is CC(=O)N[C@@H]1[C@@H](O)[C@H](O[C@@H]2O[C@H](CO)[C@H](O)[C@H](O)[C@H]2O)[C@@H](CO[C@@H]2O[C@H](CO)[C@H](O)[C@H](O[C@]3(C(=O)O)C[C@H](O)[C@@H](NC(C)=O)[C@H]([C@H](O)[C@H](O)CO)O3)[C@H]2O)O[C@@H]1O. The minimum atomic E-state index is -3.09. The summed E-state index contributed by atoms with van der Waals surface area (Å²) in [6.07, 6.45) is -35.8. The van der Waals surface area contributed by atoms with Gasteiger partial charge in [0.1, 0.15) is 91.5 Å². The van der Waals surface area contributed by atoms with Crippen LogP contribution in [0.1, 0.15) is 20.3 Å². The van der Waals surface area contributed by atoms with E-state index in [1.807, 2.05) is 0 Å². The van der Waals surface area contributed by atoms with Crippen molar-refractivity contribution >= 4 is 17.8 Å². The molecule has 0 aromatic rings. The maximum Gasteiger partial charge on any atom is 0.364 e. The zero-order valence-corrected chi connectivity index (χ0v) is 30.4. The lowest BCUT2D eigenvalue weighted by molar-refractivity contribution is -0.375. The van der Waals surface area contributed by atoms with Crippen LogP contribution in [0.4, 0.5) is 0 Å². The van der Waals surface area contributed by atoms with Crippen molar-refractivity contribution in [1.29, 1.82) is 0 Å². The Morgan fingerprint density at radius 2 is 1.30 bits per heavy atom. The predicted molar refractivity (Wildman–Crippen MR) is 174 cm³/mol. The highest BCUT2D eigenvalue weighted by Gasteiger charge is 2.60. The number of carboxylic acid groups (broad SMARTS) is 1. The smallest absolute Gasteiger partial charge is 0.364 e. The van der Waals surface area contributed by atoms with Gasteiger partial charge in [-0.25, -0.2) is 4.79 Å². The summed E-state index contributed by atoms with van der Waals surface area (Å²) in [6.45, 7) is -1.78. The first-order chi connectivity index (χ1) is 26.7. The van der Waals surface area contributed by atoms with E-state index in [1.54, 1.807) is 0 Å². The van der Waals surface area contributed by atoms with Gasteiger partial charge in [-0.1, -0.05) is 0 Å². The van der Waals surface area contributed by atoms with Crippen LogP contribution >= 0.6 is 0 Å². The lowest BCUT2D eigenvalue weighted by atomic mass is 9.88. The van der Waals surface area contributed by atoms with Crippen molar-refractivity contribution in [2.45, 2.75) is 149 Å². The molecule has 0 radical (unpaired) electrons. The first-order valence-electron chi connectivity index (χ1n) is 17.7. The predicted octanol–water partition coefficient (Wildman–Crippen LogP) is -10.3. The summed E-state index contributed by atoms with van der Waals surface area (Å²) < 4.78 is 38.9. The number of aliphatic carboxylic acids is 1. The van der Waals surface area contributed by atoms with E-state index in [0.717, 1.165) is 13.8 Å². The number of hydrogen-bond acceptors (Lipinski definition) is 23. The molecule has 0 spiro atoms. The van der Waals surface area contributed by atoms with Gasteiger partial charge >= 0.3 is 5.97 Å². The molecule has 57 heavy (non-hydrogen) atoms. The van der Waals surface area contributed by atoms with Crippen LogP contribution in [-0.4, -0.2) is 244 Å². The molecular formula is C31H52N2O24. The third-order valence-electron chi connectivity index (χ3n) is 9.96. The molecule has 0 aliphatic carbocycles. The molecule has 0 aromatic heterocycles. The van der Waals surface area contributed by atoms with E-state index in [9.17, 15) is 85.9 Å². The van der Waals surface area contributed by atoms with Crippen LogP contribution in [0.5, 0.6) is 0 Å². The second-order valence-corrected chi connectivity index (χ2v) is 14.1. The standard InChI is InChI=1S/C31H52N2O24/c1-8(37)32-15-10(39)3-31(30(49)50,56-25(15)17(41)11(40)4-34)57-26-19(43)13(6-36)53-28(23(26)47)51-7-14-24(20(44)16(27(48)52-14)33-9(2)38)55-29-22(46)21(45)18(42)12(5-35)54-29/h10-29,34-36,39-48H,3-7H2,1-2H3,(H,32,37)(H,33,38)(H,49,50)/t10-,11+,12+,13+,14+,15+,16+,17+,18-,19-,20+,21-,22+,23+,24+,25+,26-,27-,28+,29-,31-/m0/s1. The minimum absolute atomic E-state index is 0.744. The van der Waals surface area contributed by atoms with Crippen LogP contribution in [0.25, 0.3) is 0 Å². The average Bonchev–Trinajstić information content (AvgIpc) is 3.15. The molecular weight excluding hydrogens is 784 g/mol. The first kappa shape index (κ1) is 47.3. The van der Waals surface area contributed by atoms with Gasteiger partial charge in [-0.2, -0.15) is 0 Å². The quantitative estimate of drug-likeness (QED) is 0.0728. The third kappa shape index (κ3) is 10.3. The minimum Gasteiger partial charge on any atom is -0.477 e. The van der Waals surface area contributed by atoms with Crippen LogP contribution in [0.15, 0.2) is 0 Å². The molecule has 4 rings (SSSR count). The van der Waals surface area contributed by atoms with E-state index in [2.05, 4.69) is 10.6 Å². The fraction of sp³-hybridized carbons (Fsp3) is 0.903. The normalized spacial score (nSPS) is 45.1. The fourth-order valence-electron chi connectivity index (χ4n) is 6.95. The van der Waals surface area contributed by atoms with E-state index in [1.165, 1.54) is 0 Å². The summed E-state index contributed by atoms with van der Waals surface area (Å²) in [4.78, 5) is 36.5. The van der Waals surface area contributed by atoms with Gasteiger partial charge in [0.05, 0.1) is 38.6 Å². The maximum absolute atomic E-state index is 12.8. The third-order valence-corrected chi connectivity index (χ3v) is 9.96. The average molecular weight is 837 g/mol. The van der Waals surface area contributed by atoms with Crippen molar-refractivity contribution in [3.63, 3.8) is 0 Å². The number of rotatable bonds is 15. The highest BCUT2D eigenvalue weighted by molar-refractivity contribution is 5.76. The molecule has 330 valence electrons. The summed E-state index contributed by atoms with van der Waals surface area (Å²) >= 11 is 0. The number of aliphatic hydroxyl groups is 13. The summed E-state index contributed by atoms with van der Waals surface area (Å²) in [5.41, 5.74) is 0. The van der Waals surface area contributed by atoms with Gasteiger partial charge in [0.25, 0.3) is 5.79 Å². The fourth-order valence-corrected chi connectivity index (χ4v) is 6.95. The number of amides is 2. The summed E-state index contributed by atoms with van der Waals surface area (Å²) in [6, 6.07) is -3.19. The molecule has 26 heteroatoms.